The van der Waals surface area contributed by atoms with E-state index in [4.69, 9.17) is 4.74 Å². The second-order valence-electron chi connectivity index (χ2n) is 6.75. The quantitative estimate of drug-likeness (QED) is 0.629. The number of rotatable bonds is 3. The molecule has 0 atom stereocenters. The normalized spacial score (nSPS) is 14.3. The minimum Gasteiger partial charge on any atom is -0.423 e. The van der Waals surface area contributed by atoms with Crippen LogP contribution in [0.1, 0.15) is 28.4 Å². The minimum absolute atomic E-state index is 0.123. The van der Waals surface area contributed by atoms with E-state index in [-0.39, 0.29) is 11.9 Å². The van der Waals surface area contributed by atoms with Crippen LogP contribution in [-0.2, 0) is 4.79 Å². The van der Waals surface area contributed by atoms with Crippen LogP contribution in [0.25, 0.3) is 0 Å². The van der Waals surface area contributed by atoms with Gasteiger partial charge in [-0.2, -0.15) is 0 Å². The fourth-order valence-corrected chi connectivity index (χ4v) is 3.26. The number of carbonyl (C=O) groups excluding carboxylic acids is 2. The third-order valence-corrected chi connectivity index (χ3v) is 4.59. The molecule has 0 radical (unpaired) electrons. The Morgan fingerprint density at radius 1 is 0.885 bits per heavy atom. The molecule has 0 aliphatic carbocycles. The molecular formula is C21H24N2O3. The van der Waals surface area contributed by atoms with E-state index in [9.17, 15) is 9.59 Å². The van der Waals surface area contributed by atoms with E-state index in [1.165, 1.54) is 0 Å². The highest BCUT2D eigenvalue weighted by atomic mass is 16.5. The lowest BCUT2D eigenvalue weighted by Crippen LogP contribution is -2.48. The Labute approximate surface area is 154 Å². The lowest BCUT2D eigenvalue weighted by molar-refractivity contribution is -0.129. The van der Waals surface area contributed by atoms with Crippen LogP contribution in [0.5, 0.6) is 5.75 Å². The zero-order valence-corrected chi connectivity index (χ0v) is 15.5. The number of hydrogen-bond donors (Lipinski definition) is 0. The fourth-order valence-electron chi connectivity index (χ4n) is 3.26. The molecule has 5 nitrogen and oxygen atoms in total. The van der Waals surface area contributed by atoms with E-state index in [2.05, 4.69) is 4.90 Å². The molecule has 2 aromatic carbocycles. The van der Waals surface area contributed by atoms with Gasteiger partial charge in [-0.3, -0.25) is 4.79 Å². The van der Waals surface area contributed by atoms with Gasteiger partial charge in [0.05, 0.1) is 5.56 Å². The smallest absolute Gasteiger partial charge is 0.343 e. The molecule has 0 spiro atoms. The van der Waals surface area contributed by atoms with Gasteiger partial charge in [-0.15, -0.1) is 0 Å². The summed E-state index contributed by atoms with van der Waals surface area (Å²) in [6.07, 6.45) is 0. The maximum atomic E-state index is 12.3. The molecule has 1 aliphatic rings. The fraction of sp³-hybridized carbons (Fsp3) is 0.333. The summed E-state index contributed by atoms with van der Waals surface area (Å²) in [7, 11) is 0. The summed E-state index contributed by atoms with van der Waals surface area (Å²) in [4.78, 5) is 27.8. The van der Waals surface area contributed by atoms with Gasteiger partial charge in [0.2, 0.25) is 5.91 Å². The third-order valence-electron chi connectivity index (χ3n) is 4.59. The van der Waals surface area contributed by atoms with Gasteiger partial charge in [-0.1, -0.05) is 17.2 Å². The molecule has 1 heterocycles. The Bertz CT molecular complexity index is 786. The average molecular weight is 352 g/mol. The maximum absolute atomic E-state index is 12.3. The van der Waals surface area contributed by atoms with Gasteiger partial charge in [-0.05, 0) is 50.2 Å². The van der Waals surface area contributed by atoms with Crippen molar-refractivity contribution >= 4 is 17.6 Å². The van der Waals surface area contributed by atoms with Gasteiger partial charge in [0, 0.05) is 38.8 Å². The summed E-state index contributed by atoms with van der Waals surface area (Å²) in [5.41, 5.74) is 3.71. The first-order valence-corrected chi connectivity index (χ1v) is 8.83. The third kappa shape index (κ3) is 4.23. The van der Waals surface area contributed by atoms with Crippen molar-refractivity contribution in [3.63, 3.8) is 0 Å². The number of nitrogens with zero attached hydrogens (tertiary/aromatic N) is 2. The van der Waals surface area contributed by atoms with Gasteiger partial charge >= 0.3 is 5.97 Å². The number of anilines is 1. The van der Waals surface area contributed by atoms with Crippen molar-refractivity contribution in [2.75, 3.05) is 31.1 Å². The van der Waals surface area contributed by atoms with Crippen molar-refractivity contribution in [1.29, 1.82) is 0 Å². The number of benzene rings is 2. The number of amides is 1. The Balaban J connectivity index is 1.63. The molecule has 1 saturated heterocycles. The van der Waals surface area contributed by atoms with Crippen LogP contribution in [0.4, 0.5) is 5.69 Å². The number of carbonyl (C=O) groups is 2. The first-order chi connectivity index (χ1) is 12.4. The van der Waals surface area contributed by atoms with Crippen molar-refractivity contribution in [2.45, 2.75) is 20.8 Å². The molecule has 2 aromatic rings. The highest BCUT2D eigenvalue weighted by Crippen LogP contribution is 2.22. The lowest BCUT2D eigenvalue weighted by Gasteiger charge is -2.35. The summed E-state index contributed by atoms with van der Waals surface area (Å²) in [5, 5.41) is 0. The van der Waals surface area contributed by atoms with Crippen LogP contribution in [-0.4, -0.2) is 43.0 Å². The monoisotopic (exact) mass is 352 g/mol. The van der Waals surface area contributed by atoms with Gasteiger partial charge in [-0.25, -0.2) is 4.79 Å². The Kier molecular flexibility index (Phi) is 5.26. The molecule has 3 rings (SSSR count). The number of aryl methyl sites for hydroxylation is 2. The van der Waals surface area contributed by atoms with Crippen molar-refractivity contribution in [3.8, 4) is 5.75 Å². The topological polar surface area (TPSA) is 49.9 Å². The van der Waals surface area contributed by atoms with Crippen molar-refractivity contribution < 1.29 is 14.3 Å². The predicted molar refractivity (Wildman–Crippen MR) is 102 cm³/mol. The summed E-state index contributed by atoms with van der Waals surface area (Å²) in [6.45, 7) is 8.61. The van der Waals surface area contributed by atoms with Gasteiger partial charge in [0.15, 0.2) is 0 Å². The molecule has 0 aromatic heterocycles. The first-order valence-electron chi connectivity index (χ1n) is 8.83. The van der Waals surface area contributed by atoms with Gasteiger partial charge in [0.1, 0.15) is 5.75 Å². The molecular weight excluding hydrogens is 328 g/mol. The molecule has 0 saturated carbocycles. The summed E-state index contributed by atoms with van der Waals surface area (Å²) < 4.78 is 5.49. The van der Waals surface area contributed by atoms with Crippen LogP contribution < -0.4 is 9.64 Å². The second-order valence-corrected chi connectivity index (χ2v) is 6.75. The average Bonchev–Trinajstić information content (AvgIpc) is 2.61. The van der Waals surface area contributed by atoms with Crippen LogP contribution in [0.3, 0.4) is 0 Å². The van der Waals surface area contributed by atoms with E-state index < -0.39 is 0 Å². The highest BCUT2D eigenvalue weighted by Gasteiger charge is 2.19. The second kappa shape index (κ2) is 7.60. The largest absolute Gasteiger partial charge is 0.423 e. The van der Waals surface area contributed by atoms with Crippen LogP contribution >= 0.6 is 0 Å². The highest BCUT2D eigenvalue weighted by molar-refractivity contribution is 5.91. The van der Waals surface area contributed by atoms with Crippen LogP contribution in [0.15, 0.2) is 42.5 Å². The molecule has 5 heteroatoms. The SMILES string of the molecule is CC(=O)N1CCN(c2ccc(OC(=O)c3cc(C)cc(C)c3)cc2)CC1. The zero-order chi connectivity index (χ0) is 18.7. The van der Waals surface area contributed by atoms with Crippen molar-refractivity contribution in [1.82, 2.24) is 4.90 Å². The van der Waals surface area contributed by atoms with E-state index in [1.54, 1.807) is 6.92 Å². The summed E-state index contributed by atoms with van der Waals surface area (Å²) in [5.74, 6) is 0.304. The number of piperazine rings is 1. The van der Waals surface area contributed by atoms with Crippen LogP contribution in [0.2, 0.25) is 0 Å². The zero-order valence-electron chi connectivity index (χ0n) is 15.5. The van der Waals surface area contributed by atoms with E-state index >= 15 is 0 Å². The summed E-state index contributed by atoms with van der Waals surface area (Å²) in [6, 6.07) is 13.2. The number of hydrogen-bond acceptors (Lipinski definition) is 4. The number of ether oxygens (including phenoxy) is 1. The van der Waals surface area contributed by atoms with Crippen molar-refractivity contribution in [3.05, 3.63) is 59.2 Å². The molecule has 1 aliphatic heterocycles. The Morgan fingerprint density at radius 2 is 1.46 bits per heavy atom. The first kappa shape index (κ1) is 18.0. The predicted octanol–water partition coefficient (Wildman–Crippen LogP) is 3.19. The van der Waals surface area contributed by atoms with E-state index in [0.717, 1.165) is 43.0 Å². The minimum atomic E-state index is -0.348. The lowest BCUT2D eigenvalue weighted by atomic mass is 10.1. The molecule has 1 amide bonds. The van der Waals surface area contributed by atoms with Crippen LogP contribution in [0, 0.1) is 13.8 Å². The molecule has 136 valence electrons. The Hall–Kier alpha value is -2.82. The maximum Gasteiger partial charge on any atom is 0.343 e. The van der Waals surface area contributed by atoms with Gasteiger partial charge in [0.25, 0.3) is 0 Å². The standard InChI is InChI=1S/C21H24N2O3/c1-15-12-16(2)14-18(13-15)21(25)26-20-6-4-19(5-7-20)23-10-8-22(9-11-23)17(3)24/h4-7,12-14H,8-11H2,1-3H3. The van der Waals surface area contributed by atoms with Crippen molar-refractivity contribution in [2.24, 2.45) is 0 Å². The van der Waals surface area contributed by atoms with Gasteiger partial charge < -0.3 is 14.5 Å². The number of esters is 1. The molecule has 26 heavy (non-hydrogen) atoms. The molecule has 1 fully saturated rings. The molecule has 0 bridgehead atoms. The van der Waals surface area contributed by atoms with E-state index in [1.807, 2.05) is 61.2 Å². The Morgan fingerprint density at radius 3 is 2.00 bits per heavy atom. The molecule has 0 N–H and O–H groups in total. The molecule has 0 unspecified atom stereocenters. The summed E-state index contributed by atoms with van der Waals surface area (Å²) >= 11 is 0. The van der Waals surface area contributed by atoms with E-state index in [0.29, 0.717) is 11.3 Å².